The number of hydrogen-bond donors (Lipinski definition) is 1. The standard InChI is InChI=1S/C23H20F6N8/c1-4-37(12(2)3)18-9-14(23(27,28)29)19(36-35-18)16-11-32-20-15(7-8-30-21(20)34-16)33-17-6-5-13(10-31-17)22(24,25)26/h5-12H,4H2,1-3H3,(H,30,31,33,34). The second-order valence-corrected chi connectivity index (χ2v) is 8.18. The fraction of sp³-hybridized carbons (Fsp3) is 0.304. The van der Waals surface area contributed by atoms with Crippen molar-refractivity contribution in [3.63, 3.8) is 0 Å². The first-order chi connectivity index (χ1) is 17.4. The highest BCUT2D eigenvalue weighted by Crippen LogP contribution is 2.37. The molecule has 0 saturated carbocycles. The summed E-state index contributed by atoms with van der Waals surface area (Å²) in [5.41, 5.74) is -2.17. The van der Waals surface area contributed by atoms with Crippen molar-refractivity contribution >= 4 is 28.5 Å². The summed E-state index contributed by atoms with van der Waals surface area (Å²) in [5, 5.41) is 10.6. The maximum absolute atomic E-state index is 14.0. The van der Waals surface area contributed by atoms with E-state index in [1.807, 2.05) is 13.8 Å². The number of halogens is 6. The largest absolute Gasteiger partial charge is 0.418 e. The topological polar surface area (TPSA) is 92.6 Å². The molecule has 0 saturated heterocycles. The van der Waals surface area contributed by atoms with E-state index in [1.165, 1.54) is 12.3 Å². The van der Waals surface area contributed by atoms with Crippen LogP contribution in [0.1, 0.15) is 31.9 Å². The lowest BCUT2D eigenvalue weighted by molar-refractivity contribution is -0.138. The van der Waals surface area contributed by atoms with Crippen molar-refractivity contribution in [1.29, 1.82) is 0 Å². The third-order valence-corrected chi connectivity index (χ3v) is 5.39. The second kappa shape index (κ2) is 9.75. The minimum absolute atomic E-state index is 0.00854. The lowest BCUT2D eigenvalue weighted by Gasteiger charge is -2.26. The fourth-order valence-electron chi connectivity index (χ4n) is 3.63. The van der Waals surface area contributed by atoms with Crippen molar-refractivity contribution in [3.05, 3.63) is 54.0 Å². The Kier molecular flexibility index (Phi) is 6.84. The van der Waals surface area contributed by atoms with Crippen molar-refractivity contribution < 1.29 is 26.3 Å². The van der Waals surface area contributed by atoms with Gasteiger partial charge in [0.15, 0.2) is 11.5 Å². The zero-order valence-corrected chi connectivity index (χ0v) is 19.7. The van der Waals surface area contributed by atoms with Gasteiger partial charge in [0.1, 0.15) is 22.7 Å². The average Bonchev–Trinajstić information content (AvgIpc) is 2.83. The van der Waals surface area contributed by atoms with Gasteiger partial charge in [-0.2, -0.15) is 26.3 Å². The molecular weight excluding hydrogens is 502 g/mol. The fourth-order valence-corrected chi connectivity index (χ4v) is 3.63. The number of rotatable bonds is 6. The van der Waals surface area contributed by atoms with E-state index in [-0.39, 0.29) is 34.5 Å². The van der Waals surface area contributed by atoms with E-state index in [0.717, 1.165) is 24.4 Å². The summed E-state index contributed by atoms with van der Waals surface area (Å²) in [5.74, 6) is 0.175. The Balaban J connectivity index is 1.72. The van der Waals surface area contributed by atoms with Crippen LogP contribution in [0.4, 0.5) is 43.7 Å². The van der Waals surface area contributed by atoms with Gasteiger partial charge in [-0.15, -0.1) is 10.2 Å². The number of alkyl halides is 6. The lowest BCUT2D eigenvalue weighted by atomic mass is 10.1. The van der Waals surface area contributed by atoms with Crippen LogP contribution in [-0.2, 0) is 12.4 Å². The van der Waals surface area contributed by atoms with E-state index < -0.39 is 29.2 Å². The molecule has 194 valence electrons. The van der Waals surface area contributed by atoms with Gasteiger partial charge in [0.25, 0.3) is 0 Å². The molecule has 0 aliphatic heterocycles. The highest BCUT2D eigenvalue weighted by molar-refractivity contribution is 5.87. The number of fused-ring (bicyclic) bond motifs is 1. The number of aromatic nitrogens is 6. The van der Waals surface area contributed by atoms with Crippen molar-refractivity contribution in [2.45, 2.75) is 39.2 Å². The summed E-state index contributed by atoms with van der Waals surface area (Å²) in [6.45, 7) is 5.90. The van der Waals surface area contributed by atoms with Crippen molar-refractivity contribution in [3.8, 4) is 11.4 Å². The van der Waals surface area contributed by atoms with Crippen LogP contribution in [0.3, 0.4) is 0 Å². The van der Waals surface area contributed by atoms with E-state index in [2.05, 4.69) is 35.5 Å². The Bertz CT molecular complexity index is 1400. The van der Waals surface area contributed by atoms with Crippen LogP contribution in [-0.4, -0.2) is 42.7 Å². The number of nitrogens with one attached hydrogen (secondary N) is 1. The zero-order valence-electron chi connectivity index (χ0n) is 19.7. The molecule has 4 rings (SSSR count). The number of anilines is 3. The van der Waals surface area contributed by atoms with E-state index in [0.29, 0.717) is 18.4 Å². The molecule has 0 aliphatic carbocycles. The van der Waals surface area contributed by atoms with Crippen molar-refractivity contribution in [2.75, 3.05) is 16.8 Å². The Morgan fingerprint density at radius 2 is 1.68 bits per heavy atom. The first-order valence-corrected chi connectivity index (χ1v) is 11.0. The number of nitrogens with zero attached hydrogens (tertiary/aromatic N) is 7. The van der Waals surface area contributed by atoms with Gasteiger partial charge >= 0.3 is 12.4 Å². The van der Waals surface area contributed by atoms with Gasteiger partial charge in [0, 0.05) is 25.0 Å². The molecule has 8 nitrogen and oxygen atoms in total. The highest BCUT2D eigenvalue weighted by Gasteiger charge is 2.37. The minimum atomic E-state index is -4.74. The van der Waals surface area contributed by atoms with Gasteiger partial charge in [-0.25, -0.2) is 19.9 Å². The Hall–Kier alpha value is -4.10. The molecule has 0 aliphatic rings. The molecule has 14 heteroatoms. The molecule has 0 fully saturated rings. The third kappa shape index (κ3) is 5.52. The molecule has 0 aromatic carbocycles. The van der Waals surface area contributed by atoms with Crippen molar-refractivity contribution in [2.24, 2.45) is 0 Å². The second-order valence-electron chi connectivity index (χ2n) is 8.18. The summed E-state index contributed by atoms with van der Waals surface area (Å²) >= 11 is 0. The zero-order chi connectivity index (χ0) is 27.0. The van der Waals surface area contributed by atoms with Crippen LogP contribution >= 0.6 is 0 Å². The lowest BCUT2D eigenvalue weighted by Crippen LogP contribution is -2.31. The van der Waals surface area contributed by atoms with Crippen molar-refractivity contribution in [1.82, 2.24) is 30.1 Å². The molecule has 0 atom stereocenters. The van der Waals surface area contributed by atoms with Crippen LogP contribution in [0, 0.1) is 0 Å². The Morgan fingerprint density at radius 3 is 2.27 bits per heavy atom. The molecule has 0 radical (unpaired) electrons. The van der Waals surface area contributed by atoms with Gasteiger partial charge in [-0.05, 0) is 45.0 Å². The molecule has 1 N–H and O–H groups in total. The molecule has 37 heavy (non-hydrogen) atoms. The van der Waals surface area contributed by atoms with E-state index in [1.54, 1.807) is 11.8 Å². The summed E-state index contributed by atoms with van der Waals surface area (Å²) in [6, 6.07) is 4.32. The minimum Gasteiger partial charge on any atom is -0.353 e. The summed E-state index contributed by atoms with van der Waals surface area (Å²) in [6.07, 6.45) is -6.16. The van der Waals surface area contributed by atoms with Crippen LogP contribution < -0.4 is 10.2 Å². The average molecular weight is 522 g/mol. The first-order valence-electron chi connectivity index (χ1n) is 11.0. The molecule has 0 bridgehead atoms. The van der Waals surface area contributed by atoms with E-state index in [4.69, 9.17) is 0 Å². The first kappa shape index (κ1) is 26.0. The van der Waals surface area contributed by atoms with Crippen LogP contribution in [0.15, 0.2) is 42.9 Å². The maximum atomic E-state index is 14.0. The van der Waals surface area contributed by atoms with Gasteiger partial charge in [-0.3, -0.25) is 0 Å². The smallest absolute Gasteiger partial charge is 0.353 e. The number of pyridine rings is 2. The third-order valence-electron chi connectivity index (χ3n) is 5.39. The summed E-state index contributed by atoms with van der Waals surface area (Å²) in [4.78, 5) is 17.9. The molecule has 0 amide bonds. The van der Waals surface area contributed by atoms with Crippen LogP contribution in [0.25, 0.3) is 22.6 Å². The molecular formula is C23H20F6N8. The molecule has 0 unspecified atom stereocenters. The monoisotopic (exact) mass is 522 g/mol. The van der Waals surface area contributed by atoms with Crippen LogP contribution in [0.5, 0.6) is 0 Å². The van der Waals surface area contributed by atoms with Gasteiger partial charge in [0.2, 0.25) is 0 Å². The van der Waals surface area contributed by atoms with Gasteiger partial charge in [0.05, 0.1) is 23.0 Å². The molecule has 4 aromatic heterocycles. The predicted molar refractivity (Wildman–Crippen MR) is 124 cm³/mol. The van der Waals surface area contributed by atoms with E-state index in [9.17, 15) is 26.3 Å². The Morgan fingerprint density at radius 1 is 0.919 bits per heavy atom. The summed E-state index contributed by atoms with van der Waals surface area (Å²) < 4.78 is 80.2. The molecule has 0 spiro atoms. The molecule has 4 heterocycles. The van der Waals surface area contributed by atoms with Gasteiger partial charge in [-0.1, -0.05) is 0 Å². The highest BCUT2D eigenvalue weighted by atomic mass is 19.4. The maximum Gasteiger partial charge on any atom is 0.418 e. The van der Waals surface area contributed by atoms with Crippen LogP contribution in [0.2, 0.25) is 0 Å². The predicted octanol–water partition coefficient (Wildman–Crippen LogP) is 5.89. The Labute approximate surface area is 206 Å². The SMILES string of the molecule is CCN(c1cc(C(F)(F)F)c(-c2cnc3c(Nc4ccc(C(F)(F)F)cn4)ccnc3n2)nn1)C(C)C. The van der Waals surface area contributed by atoms with Gasteiger partial charge < -0.3 is 10.2 Å². The van der Waals surface area contributed by atoms with E-state index >= 15 is 0 Å². The normalized spacial score (nSPS) is 12.3. The quantitative estimate of drug-likeness (QED) is 0.313. The number of hydrogen-bond acceptors (Lipinski definition) is 8. The summed E-state index contributed by atoms with van der Waals surface area (Å²) in [7, 11) is 0. The molecule has 4 aromatic rings.